The largest absolute Gasteiger partial charge is 0.492 e. The zero-order valence-corrected chi connectivity index (χ0v) is 13.2. The molecule has 6 heteroatoms. The van der Waals surface area contributed by atoms with Gasteiger partial charge >= 0.3 is 0 Å². The van der Waals surface area contributed by atoms with Crippen LogP contribution in [0.1, 0.15) is 31.2 Å². The van der Waals surface area contributed by atoms with Crippen molar-refractivity contribution in [1.29, 1.82) is 0 Å². The van der Waals surface area contributed by atoms with Crippen molar-refractivity contribution >= 4 is 17.5 Å². The van der Waals surface area contributed by atoms with Gasteiger partial charge in [0.1, 0.15) is 18.3 Å². The van der Waals surface area contributed by atoms with Crippen molar-refractivity contribution < 1.29 is 19.4 Å². The Kier molecular flexibility index (Phi) is 4.30. The number of hydrogen-bond acceptors (Lipinski definition) is 4. The molecule has 1 saturated carbocycles. The van der Waals surface area contributed by atoms with Gasteiger partial charge in [-0.05, 0) is 25.1 Å². The van der Waals surface area contributed by atoms with Crippen LogP contribution in [0.15, 0.2) is 18.2 Å². The quantitative estimate of drug-likeness (QED) is 0.867. The lowest BCUT2D eigenvalue weighted by Gasteiger charge is -2.43. The van der Waals surface area contributed by atoms with Gasteiger partial charge in [-0.25, -0.2) is 0 Å². The Labute approximate surface area is 134 Å². The van der Waals surface area contributed by atoms with Crippen molar-refractivity contribution in [1.82, 2.24) is 5.32 Å². The van der Waals surface area contributed by atoms with Gasteiger partial charge in [-0.3, -0.25) is 4.79 Å². The standard InChI is InChI=1S/C16H20ClNO4/c1-2-21-11-6-16(20,7-11)9-18-15(19)13-8-22-14-4-3-10(17)5-12(13)14/h3-5,11,13,20H,2,6-9H2,1H3,(H,18,19). The van der Waals surface area contributed by atoms with Crippen LogP contribution in [0.5, 0.6) is 5.75 Å². The third kappa shape index (κ3) is 3.07. The summed E-state index contributed by atoms with van der Waals surface area (Å²) < 4.78 is 10.9. The van der Waals surface area contributed by atoms with Crippen molar-refractivity contribution in [2.24, 2.45) is 0 Å². The van der Waals surface area contributed by atoms with E-state index in [2.05, 4.69) is 5.32 Å². The number of carbonyl (C=O) groups excluding carboxylic acids is 1. The van der Waals surface area contributed by atoms with E-state index in [4.69, 9.17) is 21.1 Å². The van der Waals surface area contributed by atoms with Crippen molar-refractivity contribution in [3.63, 3.8) is 0 Å². The summed E-state index contributed by atoms with van der Waals surface area (Å²) in [7, 11) is 0. The Bertz CT molecular complexity index is 571. The van der Waals surface area contributed by atoms with Crippen molar-refractivity contribution in [2.75, 3.05) is 19.8 Å². The molecule has 2 aliphatic rings. The highest BCUT2D eigenvalue weighted by Gasteiger charge is 2.44. The monoisotopic (exact) mass is 325 g/mol. The molecule has 0 radical (unpaired) electrons. The highest BCUT2D eigenvalue weighted by atomic mass is 35.5. The summed E-state index contributed by atoms with van der Waals surface area (Å²) in [5.74, 6) is 0.178. The van der Waals surface area contributed by atoms with Crippen molar-refractivity contribution in [3.05, 3.63) is 28.8 Å². The number of carbonyl (C=O) groups is 1. The lowest BCUT2D eigenvalue weighted by Crippen LogP contribution is -2.55. The topological polar surface area (TPSA) is 67.8 Å². The predicted octanol–water partition coefficient (Wildman–Crippen LogP) is 1.86. The lowest BCUT2D eigenvalue weighted by molar-refractivity contribution is -0.142. The maximum Gasteiger partial charge on any atom is 0.231 e. The van der Waals surface area contributed by atoms with Crippen LogP contribution < -0.4 is 10.1 Å². The Morgan fingerprint density at radius 2 is 2.32 bits per heavy atom. The summed E-state index contributed by atoms with van der Waals surface area (Å²) in [6, 6.07) is 5.28. The van der Waals surface area contributed by atoms with E-state index in [1.54, 1.807) is 18.2 Å². The normalized spacial score (nSPS) is 29.4. The number of hydrogen-bond donors (Lipinski definition) is 2. The van der Waals surface area contributed by atoms with Crippen LogP contribution >= 0.6 is 11.6 Å². The van der Waals surface area contributed by atoms with Gasteiger partial charge < -0.3 is 19.9 Å². The highest BCUT2D eigenvalue weighted by Crippen LogP contribution is 2.37. The molecular weight excluding hydrogens is 306 g/mol. The molecule has 1 aliphatic carbocycles. The highest BCUT2D eigenvalue weighted by molar-refractivity contribution is 6.30. The predicted molar refractivity (Wildman–Crippen MR) is 82.3 cm³/mol. The van der Waals surface area contributed by atoms with Gasteiger partial charge in [-0.1, -0.05) is 11.6 Å². The molecule has 2 N–H and O–H groups in total. The molecule has 0 aromatic heterocycles. The van der Waals surface area contributed by atoms with Gasteiger partial charge in [0, 0.05) is 36.6 Å². The fourth-order valence-corrected chi connectivity index (χ4v) is 3.24. The van der Waals surface area contributed by atoms with Crippen molar-refractivity contribution in [3.8, 4) is 5.75 Å². The molecule has 1 atom stereocenters. The second kappa shape index (κ2) is 6.07. The van der Waals surface area contributed by atoms with Gasteiger partial charge in [0.25, 0.3) is 0 Å². The molecule has 1 heterocycles. The second-order valence-electron chi connectivity index (χ2n) is 5.97. The van der Waals surface area contributed by atoms with Crippen LogP contribution in [0, 0.1) is 0 Å². The van der Waals surface area contributed by atoms with Crippen molar-refractivity contribution in [2.45, 2.75) is 37.4 Å². The van der Waals surface area contributed by atoms with Gasteiger partial charge in [0.05, 0.1) is 11.7 Å². The van der Waals surface area contributed by atoms with Gasteiger partial charge in [-0.2, -0.15) is 0 Å². The third-order valence-electron chi connectivity index (χ3n) is 4.28. The van der Waals surface area contributed by atoms with Gasteiger partial charge in [0.2, 0.25) is 5.91 Å². The number of rotatable bonds is 5. The third-order valence-corrected chi connectivity index (χ3v) is 4.51. The maximum atomic E-state index is 12.3. The Balaban J connectivity index is 1.55. The first kappa shape index (κ1) is 15.6. The fraction of sp³-hybridized carbons (Fsp3) is 0.562. The summed E-state index contributed by atoms with van der Waals surface area (Å²) in [5, 5.41) is 13.7. The van der Waals surface area contributed by atoms with E-state index in [1.807, 2.05) is 6.92 Å². The minimum Gasteiger partial charge on any atom is -0.492 e. The zero-order chi connectivity index (χ0) is 15.7. The minimum atomic E-state index is -0.855. The SMILES string of the molecule is CCOC1CC(O)(CNC(=O)C2COc3ccc(Cl)cc32)C1. The number of aliphatic hydroxyl groups is 1. The van der Waals surface area contributed by atoms with E-state index >= 15 is 0 Å². The first-order chi connectivity index (χ1) is 10.5. The first-order valence-electron chi connectivity index (χ1n) is 7.55. The molecule has 1 fully saturated rings. The number of amides is 1. The summed E-state index contributed by atoms with van der Waals surface area (Å²) in [6.07, 6.45) is 1.22. The van der Waals surface area contributed by atoms with Crippen LogP contribution in [0.25, 0.3) is 0 Å². The molecule has 1 aliphatic heterocycles. The number of benzene rings is 1. The average molecular weight is 326 g/mol. The summed E-state index contributed by atoms with van der Waals surface area (Å²) in [5.41, 5.74) is -0.0515. The van der Waals surface area contributed by atoms with E-state index in [0.717, 1.165) is 5.56 Å². The van der Waals surface area contributed by atoms with Gasteiger partial charge in [0.15, 0.2) is 0 Å². The minimum absolute atomic E-state index is 0.0984. The van der Waals surface area contributed by atoms with E-state index < -0.39 is 5.60 Å². The first-order valence-corrected chi connectivity index (χ1v) is 7.92. The molecule has 0 bridgehead atoms. The van der Waals surface area contributed by atoms with Crippen LogP contribution in [-0.4, -0.2) is 42.5 Å². The molecule has 22 heavy (non-hydrogen) atoms. The molecule has 1 aromatic rings. The van der Waals surface area contributed by atoms with E-state index in [1.165, 1.54) is 0 Å². The number of ether oxygens (including phenoxy) is 2. The van der Waals surface area contributed by atoms with E-state index in [9.17, 15) is 9.90 Å². The average Bonchev–Trinajstić information content (AvgIpc) is 2.86. The molecular formula is C16H20ClNO4. The second-order valence-corrected chi connectivity index (χ2v) is 6.41. The lowest BCUT2D eigenvalue weighted by atomic mass is 9.77. The number of fused-ring (bicyclic) bond motifs is 1. The molecule has 120 valence electrons. The van der Waals surface area contributed by atoms with Gasteiger partial charge in [-0.15, -0.1) is 0 Å². The Morgan fingerprint density at radius 3 is 3.05 bits per heavy atom. The molecule has 1 amide bonds. The maximum absolute atomic E-state index is 12.3. The Morgan fingerprint density at radius 1 is 1.55 bits per heavy atom. The fourth-order valence-electron chi connectivity index (χ4n) is 3.06. The molecule has 0 spiro atoms. The molecule has 0 saturated heterocycles. The smallest absolute Gasteiger partial charge is 0.231 e. The summed E-state index contributed by atoms with van der Waals surface area (Å²) in [4.78, 5) is 12.3. The molecule has 1 aromatic carbocycles. The summed E-state index contributed by atoms with van der Waals surface area (Å²) >= 11 is 5.98. The number of nitrogens with one attached hydrogen (secondary N) is 1. The van der Waals surface area contributed by atoms with Crippen LogP contribution in [0.2, 0.25) is 5.02 Å². The molecule has 5 nitrogen and oxygen atoms in total. The summed E-state index contributed by atoms with van der Waals surface area (Å²) in [6.45, 7) is 3.12. The van der Waals surface area contributed by atoms with Crippen LogP contribution in [0.4, 0.5) is 0 Å². The van der Waals surface area contributed by atoms with Crippen LogP contribution in [-0.2, 0) is 9.53 Å². The molecule has 1 unspecified atom stereocenters. The number of halogens is 1. The Hall–Kier alpha value is -1.30. The zero-order valence-electron chi connectivity index (χ0n) is 12.5. The molecule has 3 rings (SSSR count). The van der Waals surface area contributed by atoms with Crippen LogP contribution in [0.3, 0.4) is 0 Å². The van der Waals surface area contributed by atoms with E-state index in [-0.39, 0.29) is 24.5 Å². The van der Waals surface area contributed by atoms with E-state index in [0.29, 0.717) is 36.8 Å².